The zero-order valence-electron chi connectivity index (χ0n) is 16.1. The van der Waals surface area contributed by atoms with Crippen molar-refractivity contribution < 1.29 is 9.13 Å². The van der Waals surface area contributed by atoms with E-state index in [2.05, 4.69) is 49.4 Å². The van der Waals surface area contributed by atoms with Gasteiger partial charge in [-0.3, -0.25) is 0 Å². The van der Waals surface area contributed by atoms with E-state index < -0.39 is 0 Å². The van der Waals surface area contributed by atoms with Gasteiger partial charge in [-0.25, -0.2) is 4.39 Å². The van der Waals surface area contributed by atoms with Crippen LogP contribution in [0.15, 0.2) is 60.7 Å². The normalized spacial score (nSPS) is 20.7. The number of ether oxygens (including phenoxy) is 1. The lowest BCUT2D eigenvalue weighted by atomic mass is 9.86. The highest BCUT2D eigenvalue weighted by Crippen LogP contribution is 2.43. The van der Waals surface area contributed by atoms with E-state index in [1.165, 1.54) is 36.3 Å². The van der Waals surface area contributed by atoms with Gasteiger partial charge in [-0.1, -0.05) is 55.5 Å². The Morgan fingerprint density at radius 2 is 1.85 bits per heavy atom. The van der Waals surface area contributed by atoms with Crippen molar-refractivity contribution in [1.29, 1.82) is 0 Å². The zero-order valence-corrected chi connectivity index (χ0v) is 16.1. The first-order valence-electron chi connectivity index (χ1n) is 9.96. The van der Waals surface area contributed by atoms with Crippen LogP contribution in [0.2, 0.25) is 0 Å². The average molecular weight is 362 g/mol. The Kier molecular flexibility index (Phi) is 5.15. The molecule has 1 fully saturated rings. The van der Waals surface area contributed by atoms with Crippen LogP contribution in [-0.2, 0) is 0 Å². The van der Waals surface area contributed by atoms with E-state index in [4.69, 9.17) is 4.74 Å². The van der Waals surface area contributed by atoms with Crippen molar-refractivity contribution in [2.75, 3.05) is 7.11 Å². The van der Waals surface area contributed by atoms with Gasteiger partial charge in [-0.15, -0.1) is 0 Å². The Balaban J connectivity index is 1.46. The topological polar surface area (TPSA) is 9.23 Å². The summed E-state index contributed by atoms with van der Waals surface area (Å²) in [6.45, 7) is 2.35. The second-order valence-electron chi connectivity index (χ2n) is 7.98. The van der Waals surface area contributed by atoms with Crippen molar-refractivity contribution in [3.63, 3.8) is 0 Å². The lowest BCUT2D eigenvalue weighted by molar-refractivity contribution is 0.385. The summed E-state index contributed by atoms with van der Waals surface area (Å²) >= 11 is 0. The van der Waals surface area contributed by atoms with Gasteiger partial charge in [-0.2, -0.15) is 0 Å². The van der Waals surface area contributed by atoms with Gasteiger partial charge < -0.3 is 4.74 Å². The number of benzene rings is 3. The molecule has 3 aromatic rings. The first-order chi connectivity index (χ1) is 13.2. The third-order valence-electron chi connectivity index (χ3n) is 6.23. The SMILES string of the molecule is COc1ccc([C@@H]2CC[C@H](C[C@H](C)c3cccc4ccccc34)C2)cc1F. The molecule has 0 aromatic heterocycles. The van der Waals surface area contributed by atoms with Crippen LogP contribution in [0.3, 0.4) is 0 Å². The first-order valence-corrected chi connectivity index (χ1v) is 9.96. The molecular weight excluding hydrogens is 335 g/mol. The Bertz CT molecular complexity index is 927. The maximum Gasteiger partial charge on any atom is 0.165 e. The lowest BCUT2D eigenvalue weighted by Crippen LogP contribution is -2.03. The summed E-state index contributed by atoms with van der Waals surface area (Å²) in [5.74, 6) is 1.79. The largest absolute Gasteiger partial charge is 0.494 e. The average Bonchev–Trinajstić information content (AvgIpc) is 3.16. The summed E-state index contributed by atoms with van der Waals surface area (Å²) in [5, 5.41) is 2.69. The molecule has 1 nitrogen and oxygen atoms in total. The molecule has 0 N–H and O–H groups in total. The fourth-order valence-corrected chi connectivity index (χ4v) is 4.84. The van der Waals surface area contributed by atoms with Gasteiger partial charge in [0, 0.05) is 0 Å². The minimum atomic E-state index is -0.248. The van der Waals surface area contributed by atoms with Gasteiger partial charge in [0.05, 0.1) is 7.11 Å². The summed E-state index contributed by atoms with van der Waals surface area (Å²) in [6, 6.07) is 20.8. The first kappa shape index (κ1) is 18.0. The van der Waals surface area contributed by atoms with Crippen LogP contribution >= 0.6 is 0 Å². The van der Waals surface area contributed by atoms with Crippen molar-refractivity contribution in [3.8, 4) is 5.75 Å². The fraction of sp³-hybridized carbons (Fsp3) is 0.360. The highest BCUT2D eigenvalue weighted by atomic mass is 19.1. The molecule has 27 heavy (non-hydrogen) atoms. The number of rotatable bonds is 5. The number of halogens is 1. The maximum atomic E-state index is 14.1. The molecule has 2 heteroatoms. The summed E-state index contributed by atoms with van der Waals surface area (Å²) in [6.07, 6.45) is 4.73. The molecule has 3 aromatic carbocycles. The van der Waals surface area contributed by atoms with Crippen LogP contribution in [0.25, 0.3) is 10.8 Å². The predicted octanol–water partition coefficient (Wildman–Crippen LogP) is 7.07. The Hall–Kier alpha value is -2.35. The van der Waals surface area contributed by atoms with Crippen molar-refractivity contribution in [2.45, 2.75) is 44.4 Å². The quantitative estimate of drug-likeness (QED) is 0.472. The zero-order chi connectivity index (χ0) is 18.8. The van der Waals surface area contributed by atoms with Crippen molar-refractivity contribution in [2.24, 2.45) is 5.92 Å². The second kappa shape index (κ2) is 7.72. The third kappa shape index (κ3) is 3.71. The smallest absolute Gasteiger partial charge is 0.165 e. The van der Waals surface area contributed by atoms with Crippen LogP contribution in [-0.4, -0.2) is 7.11 Å². The standard InChI is InChI=1S/C25H27FO/c1-17(22-9-5-7-19-6-3-4-8-23(19)22)14-18-10-11-20(15-18)21-12-13-25(27-2)24(26)16-21/h3-9,12-13,16-18,20H,10-11,14-15H2,1-2H3/t17-,18+,20+/m0/s1. The van der Waals surface area contributed by atoms with E-state index in [1.54, 1.807) is 12.1 Å². The van der Waals surface area contributed by atoms with E-state index in [9.17, 15) is 4.39 Å². The summed E-state index contributed by atoms with van der Waals surface area (Å²) in [5.41, 5.74) is 2.57. The van der Waals surface area contributed by atoms with Gasteiger partial charge in [-0.05, 0) is 77.5 Å². The van der Waals surface area contributed by atoms with Crippen LogP contribution in [0.4, 0.5) is 4.39 Å². The van der Waals surface area contributed by atoms with E-state index in [0.29, 0.717) is 23.5 Å². The lowest BCUT2D eigenvalue weighted by Gasteiger charge is -2.19. The Morgan fingerprint density at radius 1 is 1.04 bits per heavy atom. The van der Waals surface area contributed by atoms with Gasteiger partial charge in [0.15, 0.2) is 11.6 Å². The van der Waals surface area contributed by atoms with Crippen LogP contribution < -0.4 is 4.74 Å². The summed E-state index contributed by atoms with van der Waals surface area (Å²) in [7, 11) is 1.51. The molecule has 0 amide bonds. The molecule has 1 aliphatic rings. The maximum absolute atomic E-state index is 14.1. The van der Waals surface area contributed by atoms with E-state index in [-0.39, 0.29) is 5.82 Å². The summed E-state index contributed by atoms with van der Waals surface area (Å²) < 4.78 is 19.1. The minimum absolute atomic E-state index is 0.248. The highest BCUT2D eigenvalue weighted by molar-refractivity contribution is 5.86. The molecule has 0 bridgehead atoms. The highest BCUT2D eigenvalue weighted by Gasteiger charge is 2.28. The Labute approximate surface area is 161 Å². The monoisotopic (exact) mass is 362 g/mol. The van der Waals surface area contributed by atoms with Gasteiger partial charge in [0.25, 0.3) is 0 Å². The molecule has 0 radical (unpaired) electrons. The minimum Gasteiger partial charge on any atom is -0.494 e. The van der Waals surface area contributed by atoms with E-state index in [0.717, 1.165) is 18.4 Å². The van der Waals surface area contributed by atoms with Crippen LogP contribution in [0, 0.1) is 11.7 Å². The number of fused-ring (bicyclic) bond motifs is 1. The van der Waals surface area contributed by atoms with Gasteiger partial charge in [0.1, 0.15) is 0 Å². The van der Waals surface area contributed by atoms with Crippen molar-refractivity contribution in [3.05, 3.63) is 77.6 Å². The molecule has 140 valence electrons. The predicted molar refractivity (Wildman–Crippen MR) is 110 cm³/mol. The summed E-state index contributed by atoms with van der Waals surface area (Å²) in [4.78, 5) is 0. The molecule has 0 spiro atoms. The molecule has 4 rings (SSSR count). The molecule has 0 saturated heterocycles. The van der Waals surface area contributed by atoms with Gasteiger partial charge >= 0.3 is 0 Å². The van der Waals surface area contributed by atoms with E-state index in [1.807, 2.05) is 6.07 Å². The molecule has 0 unspecified atom stereocenters. The number of methoxy groups -OCH3 is 1. The number of hydrogen-bond donors (Lipinski definition) is 0. The van der Waals surface area contributed by atoms with Crippen LogP contribution in [0.5, 0.6) is 5.75 Å². The molecule has 3 atom stereocenters. The molecule has 0 aliphatic heterocycles. The van der Waals surface area contributed by atoms with Crippen molar-refractivity contribution >= 4 is 10.8 Å². The molecule has 0 heterocycles. The Morgan fingerprint density at radius 3 is 2.67 bits per heavy atom. The second-order valence-corrected chi connectivity index (χ2v) is 7.98. The molecule has 1 aliphatic carbocycles. The molecule has 1 saturated carbocycles. The third-order valence-corrected chi connectivity index (χ3v) is 6.23. The van der Waals surface area contributed by atoms with E-state index >= 15 is 0 Å². The molecular formula is C25H27FO. The number of hydrogen-bond acceptors (Lipinski definition) is 1. The van der Waals surface area contributed by atoms with Crippen LogP contribution in [0.1, 0.15) is 55.6 Å². The fourth-order valence-electron chi connectivity index (χ4n) is 4.84. The van der Waals surface area contributed by atoms with Crippen molar-refractivity contribution in [1.82, 2.24) is 0 Å². The van der Waals surface area contributed by atoms with Gasteiger partial charge in [0.2, 0.25) is 0 Å².